The molecular weight excluding hydrogens is 216 g/mol. The molecule has 1 unspecified atom stereocenters. The first kappa shape index (κ1) is 11.1. The van der Waals surface area contributed by atoms with Gasteiger partial charge in [0, 0.05) is 14.1 Å². The molecule has 0 aliphatic carbocycles. The first-order chi connectivity index (χ1) is 8.19. The number of amides is 1. The van der Waals surface area contributed by atoms with Crippen LogP contribution in [0.25, 0.3) is 11.0 Å². The summed E-state index contributed by atoms with van der Waals surface area (Å²) in [5.74, 6) is -0.753. The molecule has 86 valence electrons. The van der Waals surface area contributed by atoms with E-state index in [1.54, 1.807) is 11.6 Å². The third-order valence-electron chi connectivity index (χ3n) is 2.72. The van der Waals surface area contributed by atoms with Crippen LogP contribution in [0.15, 0.2) is 24.3 Å². The van der Waals surface area contributed by atoms with Crippen LogP contribution in [0.4, 0.5) is 0 Å². The predicted molar refractivity (Wildman–Crippen MR) is 63.1 cm³/mol. The van der Waals surface area contributed by atoms with Crippen LogP contribution in [0, 0.1) is 11.3 Å². The lowest BCUT2D eigenvalue weighted by molar-refractivity contribution is -0.121. The second kappa shape index (κ2) is 4.26. The minimum absolute atomic E-state index is 0.342. The van der Waals surface area contributed by atoms with Gasteiger partial charge in [0.15, 0.2) is 5.92 Å². The summed E-state index contributed by atoms with van der Waals surface area (Å²) >= 11 is 0. The lowest BCUT2D eigenvalue weighted by atomic mass is 10.1. The molecule has 1 heterocycles. The number of para-hydroxylation sites is 2. The number of carbonyl (C=O) groups excluding carboxylic acids is 1. The number of nitrogens with one attached hydrogen (secondary N) is 1. The molecule has 1 aromatic carbocycles. The molecule has 2 aromatic rings. The van der Waals surface area contributed by atoms with Crippen LogP contribution in [-0.4, -0.2) is 22.5 Å². The largest absolute Gasteiger partial charge is 0.358 e. The molecule has 5 heteroatoms. The summed E-state index contributed by atoms with van der Waals surface area (Å²) < 4.78 is 1.78. The van der Waals surface area contributed by atoms with Crippen molar-refractivity contribution in [2.24, 2.45) is 7.05 Å². The van der Waals surface area contributed by atoms with Crippen molar-refractivity contribution in [2.75, 3.05) is 7.05 Å². The SMILES string of the molecule is CNC(=O)C(C#N)c1nc2ccccc2n1C. The normalized spacial score (nSPS) is 12.1. The molecule has 1 amide bonds. The molecule has 0 aliphatic rings. The van der Waals surface area contributed by atoms with Crippen LogP contribution in [-0.2, 0) is 11.8 Å². The van der Waals surface area contributed by atoms with Crippen molar-refractivity contribution in [3.05, 3.63) is 30.1 Å². The second-order valence-corrected chi connectivity index (χ2v) is 3.69. The number of hydrogen-bond donors (Lipinski definition) is 1. The Morgan fingerprint density at radius 2 is 2.24 bits per heavy atom. The fourth-order valence-electron chi connectivity index (χ4n) is 1.80. The number of nitriles is 1. The molecule has 1 atom stereocenters. The molecule has 1 aromatic heterocycles. The summed E-state index contributed by atoms with van der Waals surface area (Å²) in [4.78, 5) is 15.9. The van der Waals surface area contributed by atoms with Crippen LogP contribution in [0.5, 0.6) is 0 Å². The van der Waals surface area contributed by atoms with E-state index in [1.807, 2.05) is 30.3 Å². The van der Waals surface area contributed by atoms with Gasteiger partial charge in [0.1, 0.15) is 5.82 Å². The fourth-order valence-corrected chi connectivity index (χ4v) is 1.80. The van der Waals surface area contributed by atoms with Gasteiger partial charge in [0.25, 0.3) is 0 Å². The number of aromatic nitrogens is 2. The standard InChI is InChI=1S/C12H12N4O/c1-14-12(17)8(7-13)11-15-9-5-3-4-6-10(9)16(11)2/h3-6,8H,1-2H3,(H,14,17). The van der Waals surface area contributed by atoms with Crippen LogP contribution >= 0.6 is 0 Å². The van der Waals surface area contributed by atoms with E-state index in [-0.39, 0.29) is 5.91 Å². The molecule has 5 nitrogen and oxygen atoms in total. The molecular formula is C12H12N4O. The smallest absolute Gasteiger partial charge is 0.244 e. The zero-order valence-corrected chi connectivity index (χ0v) is 9.64. The van der Waals surface area contributed by atoms with Gasteiger partial charge in [-0.2, -0.15) is 5.26 Å². The first-order valence-corrected chi connectivity index (χ1v) is 5.21. The van der Waals surface area contributed by atoms with Crippen molar-refractivity contribution in [1.82, 2.24) is 14.9 Å². The van der Waals surface area contributed by atoms with E-state index in [1.165, 1.54) is 7.05 Å². The average molecular weight is 228 g/mol. The van der Waals surface area contributed by atoms with Gasteiger partial charge in [-0.05, 0) is 12.1 Å². The lowest BCUT2D eigenvalue weighted by Gasteiger charge is -2.07. The molecule has 0 spiro atoms. The van der Waals surface area contributed by atoms with E-state index in [2.05, 4.69) is 10.3 Å². The summed E-state index contributed by atoms with van der Waals surface area (Å²) in [6, 6.07) is 9.51. The van der Waals surface area contributed by atoms with Crippen LogP contribution in [0.3, 0.4) is 0 Å². The van der Waals surface area contributed by atoms with Crippen molar-refractivity contribution < 1.29 is 4.79 Å². The number of nitrogens with zero attached hydrogens (tertiary/aromatic N) is 3. The van der Waals surface area contributed by atoms with E-state index in [9.17, 15) is 4.79 Å². The molecule has 0 saturated heterocycles. The number of benzene rings is 1. The van der Waals surface area contributed by atoms with E-state index in [0.29, 0.717) is 5.82 Å². The highest BCUT2D eigenvalue weighted by Crippen LogP contribution is 2.20. The number of hydrogen-bond acceptors (Lipinski definition) is 3. The van der Waals surface area contributed by atoms with Gasteiger partial charge in [0.2, 0.25) is 5.91 Å². The van der Waals surface area contributed by atoms with Gasteiger partial charge in [-0.3, -0.25) is 4.79 Å². The minimum atomic E-state index is -0.877. The van der Waals surface area contributed by atoms with Crippen molar-refractivity contribution in [3.8, 4) is 6.07 Å². The molecule has 1 N–H and O–H groups in total. The number of likely N-dealkylation sites (N-methyl/N-ethyl adjacent to an activating group) is 1. The van der Waals surface area contributed by atoms with Crippen molar-refractivity contribution in [2.45, 2.75) is 5.92 Å². The number of fused-ring (bicyclic) bond motifs is 1. The van der Waals surface area contributed by atoms with Crippen molar-refractivity contribution in [3.63, 3.8) is 0 Å². The highest BCUT2D eigenvalue weighted by Gasteiger charge is 2.24. The Morgan fingerprint density at radius 3 is 2.82 bits per heavy atom. The summed E-state index contributed by atoms with van der Waals surface area (Å²) in [6.45, 7) is 0. The third-order valence-corrected chi connectivity index (χ3v) is 2.72. The predicted octanol–water partition coefficient (Wildman–Crippen LogP) is 0.926. The zero-order valence-electron chi connectivity index (χ0n) is 9.64. The topological polar surface area (TPSA) is 70.7 Å². The van der Waals surface area contributed by atoms with Crippen molar-refractivity contribution in [1.29, 1.82) is 5.26 Å². The Hall–Kier alpha value is -2.35. The number of aryl methyl sites for hydroxylation is 1. The molecule has 0 bridgehead atoms. The van der Waals surface area contributed by atoms with Gasteiger partial charge in [0.05, 0.1) is 17.1 Å². The Kier molecular flexibility index (Phi) is 2.79. The monoisotopic (exact) mass is 228 g/mol. The maximum atomic E-state index is 11.6. The quantitative estimate of drug-likeness (QED) is 0.831. The van der Waals surface area contributed by atoms with Gasteiger partial charge >= 0.3 is 0 Å². The third kappa shape index (κ3) is 1.74. The number of rotatable bonds is 2. The lowest BCUT2D eigenvalue weighted by Crippen LogP contribution is -2.26. The van der Waals surface area contributed by atoms with E-state index < -0.39 is 5.92 Å². The van der Waals surface area contributed by atoms with Gasteiger partial charge in [-0.1, -0.05) is 12.1 Å². The van der Waals surface area contributed by atoms with Gasteiger partial charge in [-0.25, -0.2) is 4.98 Å². The molecule has 2 rings (SSSR count). The molecule has 17 heavy (non-hydrogen) atoms. The Morgan fingerprint density at radius 1 is 1.53 bits per heavy atom. The highest BCUT2D eigenvalue weighted by atomic mass is 16.1. The van der Waals surface area contributed by atoms with Gasteiger partial charge < -0.3 is 9.88 Å². The maximum Gasteiger partial charge on any atom is 0.244 e. The first-order valence-electron chi connectivity index (χ1n) is 5.21. The van der Waals surface area contributed by atoms with E-state index in [4.69, 9.17) is 5.26 Å². The van der Waals surface area contributed by atoms with Crippen LogP contribution < -0.4 is 5.32 Å². The van der Waals surface area contributed by atoms with E-state index in [0.717, 1.165) is 11.0 Å². The highest BCUT2D eigenvalue weighted by molar-refractivity contribution is 5.87. The Bertz CT molecular complexity index is 608. The molecule has 0 radical (unpaired) electrons. The summed E-state index contributed by atoms with van der Waals surface area (Å²) in [6.07, 6.45) is 0. The second-order valence-electron chi connectivity index (χ2n) is 3.69. The fraction of sp³-hybridized carbons (Fsp3) is 0.250. The van der Waals surface area contributed by atoms with Gasteiger partial charge in [-0.15, -0.1) is 0 Å². The van der Waals surface area contributed by atoms with Crippen LogP contribution in [0.2, 0.25) is 0 Å². The maximum absolute atomic E-state index is 11.6. The van der Waals surface area contributed by atoms with E-state index >= 15 is 0 Å². The average Bonchev–Trinajstić information content (AvgIpc) is 2.68. The molecule has 0 fully saturated rings. The number of carbonyl (C=O) groups is 1. The summed E-state index contributed by atoms with van der Waals surface area (Å²) in [5, 5.41) is 11.5. The molecule has 0 saturated carbocycles. The Labute approximate surface area is 98.7 Å². The Balaban J connectivity index is 2.59. The van der Waals surface area contributed by atoms with Crippen LogP contribution in [0.1, 0.15) is 11.7 Å². The number of imidazole rings is 1. The zero-order chi connectivity index (χ0) is 12.4. The summed E-state index contributed by atoms with van der Waals surface area (Å²) in [7, 11) is 3.31. The summed E-state index contributed by atoms with van der Waals surface area (Å²) in [5.41, 5.74) is 1.70. The van der Waals surface area contributed by atoms with Crippen molar-refractivity contribution >= 4 is 16.9 Å². The molecule has 0 aliphatic heterocycles. The minimum Gasteiger partial charge on any atom is -0.358 e.